The van der Waals surface area contributed by atoms with Crippen LogP contribution in [0.2, 0.25) is 5.02 Å². The molecule has 0 radical (unpaired) electrons. The van der Waals surface area contributed by atoms with Crippen molar-refractivity contribution in [2.75, 3.05) is 29.5 Å². The van der Waals surface area contributed by atoms with E-state index in [2.05, 4.69) is 30.9 Å². The molecule has 2 aliphatic rings. The first-order valence-electron chi connectivity index (χ1n) is 10.1. The summed E-state index contributed by atoms with van der Waals surface area (Å²) >= 11 is 7.56. The lowest BCUT2D eigenvalue weighted by molar-refractivity contribution is 0.187. The Kier molecular flexibility index (Phi) is 5.11. The molecule has 4 heterocycles. The highest BCUT2D eigenvalue weighted by atomic mass is 35.5. The fourth-order valence-corrected chi connectivity index (χ4v) is 5.62. The maximum absolute atomic E-state index is 6.65. The summed E-state index contributed by atoms with van der Waals surface area (Å²) < 4.78 is 0. The first kappa shape index (κ1) is 20.3. The number of hydrogen-bond donors (Lipinski definition) is 3. The number of rotatable bonds is 3. The van der Waals surface area contributed by atoms with E-state index in [4.69, 9.17) is 28.8 Å². The van der Waals surface area contributed by atoms with Crippen LogP contribution in [0.15, 0.2) is 46.8 Å². The minimum Gasteiger partial charge on any atom is -0.382 e. The van der Waals surface area contributed by atoms with Crippen LogP contribution >= 0.6 is 23.4 Å². The van der Waals surface area contributed by atoms with Gasteiger partial charge in [-0.2, -0.15) is 0 Å². The van der Waals surface area contributed by atoms with Crippen LogP contribution in [0.1, 0.15) is 30.0 Å². The van der Waals surface area contributed by atoms with Gasteiger partial charge in [0.1, 0.15) is 16.7 Å². The minimum atomic E-state index is 0.0332. The highest BCUT2D eigenvalue weighted by molar-refractivity contribution is 7.99. The second kappa shape index (κ2) is 7.81. The molecule has 1 spiro atoms. The summed E-state index contributed by atoms with van der Waals surface area (Å²) in [5.74, 6) is 1.42. The molecule has 0 saturated carbocycles. The summed E-state index contributed by atoms with van der Waals surface area (Å²) in [6, 6.07) is 3.91. The molecule has 0 bridgehead atoms. The lowest BCUT2D eigenvalue weighted by Gasteiger charge is -2.42. The van der Waals surface area contributed by atoms with E-state index >= 15 is 0 Å². The summed E-state index contributed by atoms with van der Waals surface area (Å²) in [5, 5.41) is 0.980. The number of nitrogens with zero attached hydrogens (tertiary/aromatic N) is 5. The molecule has 1 aliphatic carbocycles. The standard InChI is InChI=1S/C21H23ClN8S/c22-16-14(2-6-27-18(16)24)31-20-19(25)29-15(11-28-20)30-7-3-21(4-8-30)9-12-1-5-26-10-13(12)17(21)23/h1-2,5-6,10-11,17H,3-4,7-9,23H2,(H2,24,27)(H2,25,29)/t17-/m1/s1. The van der Waals surface area contributed by atoms with E-state index in [0.717, 1.165) is 43.1 Å². The number of aromatic nitrogens is 4. The van der Waals surface area contributed by atoms with E-state index in [9.17, 15) is 0 Å². The van der Waals surface area contributed by atoms with E-state index in [1.54, 1.807) is 18.5 Å². The predicted molar refractivity (Wildman–Crippen MR) is 123 cm³/mol. The monoisotopic (exact) mass is 454 g/mol. The number of halogens is 1. The molecule has 3 aromatic rings. The third-order valence-electron chi connectivity index (χ3n) is 6.41. The van der Waals surface area contributed by atoms with E-state index in [1.807, 2.05) is 12.4 Å². The van der Waals surface area contributed by atoms with Crippen molar-refractivity contribution in [3.8, 4) is 0 Å². The molecule has 6 N–H and O–H groups in total. The Bertz CT molecular complexity index is 1130. The van der Waals surface area contributed by atoms with Crippen LogP contribution in [0.4, 0.5) is 17.5 Å². The van der Waals surface area contributed by atoms with Crippen LogP contribution < -0.4 is 22.1 Å². The fourth-order valence-electron chi connectivity index (χ4n) is 4.60. The Balaban J connectivity index is 1.29. The maximum Gasteiger partial charge on any atom is 0.158 e. The molecule has 1 saturated heterocycles. The largest absolute Gasteiger partial charge is 0.382 e. The number of hydrogen-bond acceptors (Lipinski definition) is 9. The van der Waals surface area contributed by atoms with Gasteiger partial charge < -0.3 is 22.1 Å². The Labute approximate surface area is 189 Å². The molecule has 10 heteroatoms. The van der Waals surface area contributed by atoms with Gasteiger partial charge in [-0.3, -0.25) is 4.98 Å². The highest BCUT2D eigenvalue weighted by Crippen LogP contribution is 2.50. The number of anilines is 3. The van der Waals surface area contributed by atoms with Crippen LogP contribution in [0.5, 0.6) is 0 Å². The summed E-state index contributed by atoms with van der Waals surface area (Å²) in [7, 11) is 0. The lowest BCUT2D eigenvalue weighted by Crippen LogP contribution is -2.44. The van der Waals surface area contributed by atoms with Crippen LogP contribution in [0.3, 0.4) is 0 Å². The molecule has 1 aliphatic heterocycles. The summed E-state index contributed by atoms with van der Waals surface area (Å²) in [6.45, 7) is 1.73. The van der Waals surface area contributed by atoms with Crippen molar-refractivity contribution < 1.29 is 0 Å². The number of pyridine rings is 2. The second-order valence-electron chi connectivity index (χ2n) is 8.11. The maximum atomic E-state index is 6.65. The van der Waals surface area contributed by atoms with Crippen molar-refractivity contribution in [2.24, 2.45) is 11.1 Å². The molecule has 160 valence electrons. The minimum absolute atomic E-state index is 0.0332. The number of nitrogen functional groups attached to an aromatic ring is 2. The Hall–Kier alpha value is -2.62. The molecule has 8 nitrogen and oxygen atoms in total. The Morgan fingerprint density at radius 2 is 1.87 bits per heavy atom. The Morgan fingerprint density at radius 3 is 2.61 bits per heavy atom. The van der Waals surface area contributed by atoms with Gasteiger partial charge >= 0.3 is 0 Å². The summed E-state index contributed by atoms with van der Waals surface area (Å²) in [6.07, 6.45) is 10.1. The van der Waals surface area contributed by atoms with Crippen molar-refractivity contribution >= 4 is 40.8 Å². The summed E-state index contributed by atoms with van der Waals surface area (Å²) in [5.41, 5.74) is 21.3. The predicted octanol–water partition coefficient (Wildman–Crippen LogP) is 3.08. The van der Waals surface area contributed by atoms with Crippen LogP contribution in [-0.2, 0) is 6.42 Å². The van der Waals surface area contributed by atoms with Crippen LogP contribution in [0, 0.1) is 5.41 Å². The van der Waals surface area contributed by atoms with Gasteiger partial charge in [0.25, 0.3) is 0 Å². The average molecular weight is 455 g/mol. The molecule has 5 rings (SSSR count). The van der Waals surface area contributed by atoms with Crippen molar-refractivity contribution in [1.82, 2.24) is 19.9 Å². The molecule has 0 amide bonds. The Morgan fingerprint density at radius 1 is 1.06 bits per heavy atom. The first-order chi connectivity index (χ1) is 15.0. The highest BCUT2D eigenvalue weighted by Gasteiger charge is 2.46. The molecule has 31 heavy (non-hydrogen) atoms. The van der Waals surface area contributed by atoms with Crippen molar-refractivity contribution in [2.45, 2.75) is 35.2 Å². The smallest absolute Gasteiger partial charge is 0.158 e. The van der Waals surface area contributed by atoms with Gasteiger partial charge in [0.2, 0.25) is 0 Å². The zero-order chi connectivity index (χ0) is 21.6. The van der Waals surface area contributed by atoms with Gasteiger partial charge in [0, 0.05) is 42.6 Å². The quantitative estimate of drug-likeness (QED) is 0.545. The molecule has 1 atom stereocenters. The zero-order valence-corrected chi connectivity index (χ0v) is 18.4. The SMILES string of the molecule is Nc1nc(N2CCC3(CC2)Cc2ccncc2[C@H]3N)cnc1Sc1ccnc(N)c1Cl. The number of fused-ring (bicyclic) bond motifs is 1. The third-order valence-corrected chi connectivity index (χ3v) is 7.98. The van der Waals surface area contributed by atoms with E-state index < -0.39 is 0 Å². The van der Waals surface area contributed by atoms with E-state index in [0.29, 0.717) is 15.9 Å². The first-order valence-corrected chi connectivity index (χ1v) is 11.3. The van der Waals surface area contributed by atoms with Gasteiger partial charge in [0.05, 0.1) is 11.2 Å². The average Bonchev–Trinajstić information content (AvgIpc) is 3.05. The molecule has 1 fully saturated rings. The van der Waals surface area contributed by atoms with E-state index in [1.165, 1.54) is 22.9 Å². The van der Waals surface area contributed by atoms with Gasteiger partial charge in [-0.05, 0) is 47.9 Å². The van der Waals surface area contributed by atoms with Crippen molar-refractivity contribution in [3.05, 3.63) is 53.1 Å². The lowest BCUT2D eigenvalue weighted by atomic mass is 9.73. The van der Waals surface area contributed by atoms with Gasteiger partial charge in [-0.15, -0.1) is 0 Å². The van der Waals surface area contributed by atoms with Gasteiger partial charge in [0.15, 0.2) is 5.82 Å². The molecular weight excluding hydrogens is 432 g/mol. The number of piperidine rings is 1. The number of nitrogens with two attached hydrogens (primary N) is 3. The fraction of sp³-hybridized carbons (Fsp3) is 0.333. The van der Waals surface area contributed by atoms with Crippen LogP contribution in [-0.4, -0.2) is 33.0 Å². The molecular formula is C21H23ClN8S. The normalized spacial score (nSPS) is 19.5. The van der Waals surface area contributed by atoms with Crippen molar-refractivity contribution in [3.63, 3.8) is 0 Å². The third kappa shape index (κ3) is 3.56. The summed E-state index contributed by atoms with van der Waals surface area (Å²) in [4.78, 5) is 20.4. The van der Waals surface area contributed by atoms with Crippen molar-refractivity contribution in [1.29, 1.82) is 0 Å². The van der Waals surface area contributed by atoms with Gasteiger partial charge in [-0.1, -0.05) is 23.4 Å². The zero-order valence-electron chi connectivity index (χ0n) is 16.8. The molecule has 0 unspecified atom stereocenters. The molecule has 3 aromatic heterocycles. The van der Waals surface area contributed by atoms with Crippen LogP contribution in [0.25, 0.3) is 0 Å². The van der Waals surface area contributed by atoms with E-state index in [-0.39, 0.29) is 17.3 Å². The van der Waals surface area contributed by atoms with Gasteiger partial charge in [-0.25, -0.2) is 15.0 Å². The topological polar surface area (TPSA) is 133 Å². The molecule has 0 aromatic carbocycles. The second-order valence-corrected chi connectivity index (χ2v) is 9.52.